The third kappa shape index (κ3) is 9.67. The van der Waals surface area contributed by atoms with E-state index in [-0.39, 0.29) is 24.5 Å². The van der Waals surface area contributed by atoms with Crippen LogP contribution in [0.15, 0.2) is 115 Å². The zero-order valence-corrected chi connectivity index (χ0v) is 27.0. The van der Waals surface area contributed by atoms with Crippen molar-refractivity contribution in [3.8, 4) is 0 Å². The summed E-state index contributed by atoms with van der Waals surface area (Å²) in [6.07, 6.45) is 4.31. The SMILES string of the molecule is NCCCCNC[C@](C=O)(CC(=O)C(Cc1ccc2ccccc2c1)NC(=O)CCc1ccccc1)Cc1ccc2ccccc2c1. The minimum atomic E-state index is -0.987. The van der Waals surface area contributed by atoms with E-state index >= 15 is 0 Å². The second-order valence-electron chi connectivity index (χ2n) is 12.6. The molecule has 0 radical (unpaired) electrons. The maximum absolute atomic E-state index is 14.3. The minimum absolute atomic E-state index is 0.00439. The number of nitrogens with one attached hydrogen (secondary N) is 2. The second-order valence-corrected chi connectivity index (χ2v) is 12.6. The summed E-state index contributed by atoms with van der Waals surface area (Å²) in [5.41, 5.74) is 7.72. The number of Topliss-reactive ketones (excluding diaryl/α,β-unsaturated/α-hetero) is 1. The fourth-order valence-electron chi connectivity index (χ4n) is 6.29. The van der Waals surface area contributed by atoms with Gasteiger partial charge >= 0.3 is 0 Å². The van der Waals surface area contributed by atoms with Gasteiger partial charge in [0.1, 0.15) is 6.29 Å². The van der Waals surface area contributed by atoms with Crippen LogP contribution in [0.4, 0.5) is 0 Å². The summed E-state index contributed by atoms with van der Waals surface area (Å²) < 4.78 is 0. The second kappa shape index (κ2) is 16.8. The first-order valence-electron chi connectivity index (χ1n) is 16.7. The van der Waals surface area contributed by atoms with E-state index in [2.05, 4.69) is 47.0 Å². The Labute approximate surface area is 277 Å². The number of carbonyl (C=O) groups excluding carboxylic acids is 3. The molecule has 2 atom stereocenters. The highest BCUT2D eigenvalue weighted by atomic mass is 16.2. The standard InChI is InChI=1S/C41H45N3O3/c42-22-8-9-23-43-29-41(30-45,27-33-17-20-35-13-5-7-15-37(35)25-33)28-39(46)38(44-40(47)21-18-31-10-2-1-3-11-31)26-32-16-19-34-12-4-6-14-36(34)24-32/h1-7,10-17,19-20,24-25,30,38,43H,8-9,18,21-23,26-29,42H2,(H,44,47)/t38?,41-/m1/s1. The van der Waals surface area contributed by atoms with Crippen LogP contribution in [-0.2, 0) is 33.6 Å². The average molecular weight is 628 g/mol. The number of benzene rings is 5. The van der Waals surface area contributed by atoms with E-state index in [0.29, 0.717) is 38.9 Å². The van der Waals surface area contributed by atoms with Gasteiger partial charge in [-0.2, -0.15) is 0 Å². The highest BCUT2D eigenvalue weighted by Gasteiger charge is 2.36. The molecule has 0 aliphatic rings. The number of amides is 1. The number of fused-ring (bicyclic) bond motifs is 2. The Hall–Kier alpha value is -4.65. The number of ketones is 1. The van der Waals surface area contributed by atoms with Gasteiger partial charge in [-0.05, 0) is 83.4 Å². The van der Waals surface area contributed by atoms with Gasteiger partial charge in [0.05, 0.1) is 6.04 Å². The summed E-state index contributed by atoms with van der Waals surface area (Å²) in [5.74, 6) is -0.331. The largest absolute Gasteiger partial charge is 0.346 e. The van der Waals surface area contributed by atoms with Crippen LogP contribution in [0.3, 0.4) is 0 Å². The van der Waals surface area contributed by atoms with Crippen LogP contribution in [0, 0.1) is 5.41 Å². The first-order chi connectivity index (χ1) is 23.0. The molecule has 5 aromatic carbocycles. The zero-order valence-electron chi connectivity index (χ0n) is 27.0. The quantitative estimate of drug-likeness (QED) is 0.0775. The first-order valence-corrected chi connectivity index (χ1v) is 16.7. The molecule has 5 aromatic rings. The molecule has 0 aromatic heterocycles. The van der Waals surface area contributed by atoms with Crippen molar-refractivity contribution >= 4 is 39.5 Å². The van der Waals surface area contributed by atoms with Gasteiger partial charge in [0.2, 0.25) is 5.91 Å². The van der Waals surface area contributed by atoms with Crippen LogP contribution in [0.25, 0.3) is 21.5 Å². The van der Waals surface area contributed by atoms with Crippen molar-refractivity contribution in [2.75, 3.05) is 19.6 Å². The highest BCUT2D eigenvalue weighted by molar-refractivity contribution is 5.92. The Morgan fingerprint density at radius 2 is 1.34 bits per heavy atom. The van der Waals surface area contributed by atoms with Crippen molar-refractivity contribution in [2.24, 2.45) is 11.1 Å². The molecule has 0 spiro atoms. The molecular formula is C41H45N3O3. The normalized spacial score (nSPS) is 13.2. The van der Waals surface area contributed by atoms with Crippen molar-refractivity contribution in [1.82, 2.24) is 10.6 Å². The summed E-state index contributed by atoms with van der Waals surface area (Å²) in [6.45, 7) is 1.66. The van der Waals surface area contributed by atoms with Gasteiger partial charge < -0.3 is 21.2 Å². The lowest BCUT2D eigenvalue weighted by Crippen LogP contribution is -2.47. The number of nitrogens with two attached hydrogens (primary N) is 1. The van der Waals surface area contributed by atoms with Crippen molar-refractivity contribution in [3.63, 3.8) is 0 Å². The number of aldehydes is 1. The zero-order chi connectivity index (χ0) is 32.9. The van der Waals surface area contributed by atoms with E-state index in [4.69, 9.17) is 5.73 Å². The number of hydrogen-bond donors (Lipinski definition) is 3. The van der Waals surface area contributed by atoms with E-state index in [1.54, 1.807) is 0 Å². The van der Waals surface area contributed by atoms with E-state index in [9.17, 15) is 14.4 Å². The molecule has 5 rings (SSSR count). The molecule has 0 saturated heterocycles. The summed E-state index contributed by atoms with van der Waals surface area (Å²) in [5, 5.41) is 10.9. The van der Waals surface area contributed by atoms with Gasteiger partial charge in [-0.15, -0.1) is 0 Å². The van der Waals surface area contributed by atoms with E-state index < -0.39 is 11.5 Å². The number of carbonyl (C=O) groups is 3. The predicted molar refractivity (Wildman–Crippen MR) is 191 cm³/mol. The topological polar surface area (TPSA) is 101 Å². The average Bonchev–Trinajstić information content (AvgIpc) is 3.10. The van der Waals surface area contributed by atoms with E-state index in [1.165, 1.54) is 0 Å². The third-order valence-electron chi connectivity index (χ3n) is 8.89. The number of rotatable bonds is 18. The Balaban J connectivity index is 1.39. The van der Waals surface area contributed by atoms with Gasteiger partial charge in [-0.3, -0.25) is 9.59 Å². The summed E-state index contributed by atoms with van der Waals surface area (Å²) in [6, 6.07) is 37.6. The van der Waals surface area contributed by atoms with Gasteiger partial charge in [0.25, 0.3) is 0 Å². The summed E-state index contributed by atoms with van der Waals surface area (Å²) >= 11 is 0. The molecule has 242 valence electrons. The maximum Gasteiger partial charge on any atom is 0.220 e. The van der Waals surface area contributed by atoms with Crippen LogP contribution in [0.5, 0.6) is 0 Å². The Morgan fingerprint density at radius 3 is 2.00 bits per heavy atom. The van der Waals surface area contributed by atoms with Crippen molar-refractivity contribution in [2.45, 2.75) is 51.0 Å². The smallest absolute Gasteiger partial charge is 0.220 e. The molecule has 0 heterocycles. The highest BCUT2D eigenvalue weighted by Crippen LogP contribution is 2.29. The molecule has 6 nitrogen and oxygen atoms in total. The van der Waals surface area contributed by atoms with Crippen LogP contribution in [0.2, 0.25) is 0 Å². The van der Waals surface area contributed by atoms with Crippen molar-refractivity contribution in [1.29, 1.82) is 0 Å². The fourth-order valence-corrected chi connectivity index (χ4v) is 6.29. The molecule has 0 saturated carbocycles. The minimum Gasteiger partial charge on any atom is -0.346 e. The van der Waals surface area contributed by atoms with Crippen LogP contribution in [0.1, 0.15) is 42.4 Å². The molecule has 0 aliphatic carbocycles. The van der Waals surface area contributed by atoms with Crippen molar-refractivity contribution in [3.05, 3.63) is 132 Å². The Kier molecular flexibility index (Phi) is 12.0. The lowest BCUT2D eigenvalue weighted by Gasteiger charge is -2.30. The van der Waals surface area contributed by atoms with Gasteiger partial charge in [-0.25, -0.2) is 0 Å². The molecule has 1 unspecified atom stereocenters. The number of unbranched alkanes of at least 4 members (excludes halogenated alkanes) is 1. The maximum atomic E-state index is 14.3. The molecule has 0 fully saturated rings. The first kappa shape index (κ1) is 33.7. The molecular weight excluding hydrogens is 582 g/mol. The monoisotopic (exact) mass is 627 g/mol. The van der Waals surface area contributed by atoms with Crippen LogP contribution >= 0.6 is 0 Å². The molecule has 0 aliphatic heterocycles. The molecule has 4 N–H and O–H groups in total. The Morgan fingerprint density at radius 1 is 0.723 bits per heavy atom. The van der Waals surface area contributed by atoms with Crippen molar-refractivity contribution < 1.29 is 14.4 Å². The van der Waals surface area contributed by atoms with Crippen LogP contribution < -0.4 is 16.4 Å². The summed E-state index contributed by atoms with van der Waals surface area (Å²) in [4.78, 5) is 40.7. The predicted octanol–water partition coefficient (Wildman–Crippen LogP) is 6.37. The van der Waals surface area contributed by atoms with Crippen LogP contribution in [-0.4, -0.2) is 43.7 Å². The molecule has 0 bridgehead atoms. The van der Waals surface area contributed by atoms with Gasteiger partial charge in [0, 0.05) is 24.8 Å². The molecule has 6 heteroatoms. The van der Waals surface area contributed by atoms with Gasteiger partial charge in [-0.1, -0.05) is 115 Å². The van der Waals surface area contributed by atoms with E-state index in [1.807, 2.05) is 78.9 Å². The lowest BCUT2D eigenvalue weighted by atomic mass is 9.76. The fraction of sp³-hybridized carbons (Fsp3) is 0.293. The third-order valence-corrected chi connectivity index (χ3v) is 8.89. The molecule has 47 heavy (non-hydrogen) atoms. The summed E-state index contributed by atoms with van der Waals surface area (Å²) in [7, 11) is 0. The number of aryl methyl sites for hydroxylation is 1. The van der Waals surface area contributed by atoms with Gasteiger partial charge in [0.15, 0.2) is 5.78 Å². The Bertz CT molecular complexity index is 1790. The number of hydrogen-bond acceptors (Lipinski definition) is 5. The lowest BCUT2D eigenvalue weighted by molar-refractivity contribution is -0.131. The molecule has 1 amide bonds. The van der Waals surface area contributed by atoms with E-state index in [0.717, 1.165) is 57.4 Å².